The van der Waals surface area contributed by atoms with E-state index in [1.165, 1.54) is 4.88 Å². The Morgan fingerprint density at radius 1 is 1.38 bits per heavy atom. The fraction of sp³-hybridized carbons (Fsp3) is 0.667. The molecule has 21 heavy (non-hydrogen) atoms. The summed E-state index contributed by atoms with van der Waals surface area (Å²) in [4.78, 5) is 13.1. The van der Waals surface area contributed by atoms with Crippen molar-refractivity contribution in [3.05, 3.63) is 22.4 Å². The van der Waals surface area contributed by atoms with Crippen LogP contribution in [-0.4, -0.2) is 38.1 Å². The summed E-state index contributed by atoms with van der Waals surface area (Å²) in [5.41, 5.74) is -0.0604. The molecule has 118 valence electrons. The van der Waals surface area contributed by atoms with Gasteiger partial charge in [0.2, 0.25) is 0 Å². The number of hydrogen-bond acceptors (Lipinski definition) is 4. The van der Waals surface area contributed by atoms with E-state index in [9.17, 15) is 4.79 Å². The van der Waals surface area contributed by atoms with Gasteiger partial charge in [0, 0.05) is 29.8 Å². The highest BCUT2D eigenvalue weighted by atomic mass is 32.1. The highest BCUT2D eigenvalue weighted by molar-refractivity contribution is 7.10. The minimum absolute atomic E-state index is 0.0604. The summed E-state index contributed by atoms with van der Waals surface area (Å²) in [6.45, 7) is 8.53. The first-order chi connectivity index (χ1) is 9.91. The summed E-state index contributed by atoms with van der Waals surface area (Å²) in [5, 5.41) is 7.83. The highest BCUT2D eigenvalue weighted by Gasteiger charge is 2.30. The molecule has 1 aromatic rings. The Hall–Kier alpha value is -1.11. The van der Waals surface area contributed by atoms with E-state index in [2.05, 4.69) is 35.9 Å². The van der Waals surface area contributed by atoms with Crippen LogP contribution in [-0.2, 0) is 14.9 Å². The van der Waals surface area contributed by atoms with E-state index in [4.69, 9.17) is 9.47 Å². The smallest absolute Gasteiger partial charge is 0.314 e. The SMILES string of the molecule is CC1(CCNC(=O)NCC(C)(C)c2cccs2)OCCO1. The van der Waals surface area contributed by atoms with Crippen LogP contribution in [0.5, 0.6) is 0 Å². The molecule has 2 N–H and O–H groups in total. The van der Waals surface area contributed by atoms with Gasteiger partial charge in [-0.15, -0.1) is 11.3 Å². The summed E-state index contributed by atoms with van der Waals surface area (Å²) in [7, 11) is 0. The van der Waals surface area contributed by atoms with E-state index in [1.54, 1.807) is 11.3 Å². The fourth-order valence-electron chi connectivity index (χ4n) is 2.22. The molecule has 1 aliphatic rings. The number of urea groups is 1. The second-order valence-corrected chi connectivity index (χ2v) is 7.00. The van der Waals surface area contributed by atoms with Crippen LogP contribution in [0.25, 0.3) is 0 Å². The minimum atomic E-state index is -0.552. The lowest BCUT2D eigenvalue weighted by atomic mass is 9.91. The molecule has 1 saturated heterocycles. The van der Waals surface area contributed by atoms with Crippen LogP contribution in [0, 0.1) is 0 Å². The Kier molecular flexibility index (Phi) is 5.24. The summed E-state index contributed by atoms with van der Waals surface area (Å²) < 4.78 is 11.0. The van der Waals surface area contributed by atoms with Crippen molar-refractivity contribution in [3.8, 4) is 0 Å². The molecule has 5 nitrogen and oxygen atoms in total. The molecule has 1 aromatic heterocycles. The van der Waals surface area contributed by atoms with Gasteiger partial charge in [-0.2, -0.15) is 0 Å². The monoisotopic (exact) mass is 312 g/mol. The van der Waals surface area contributed by atoms with Crippen LogP contribution < -0.4 is 10.6 Å². The molecule has 2 amide bonds. The van der Waals surface area contributed by atoms with Crippen molar-refractivity contribution in [3.63, 3.8) is 0 Å². The van der Waals surface area contributed by atoms with Gasteiger partial charge in [0.25, 0.3) is 0 Å². The van der Waals surface area contributed by atoms with E-state index < -0.39 is 5.79 Å². The van der Waals surface area contributed by atoms with Crippen molar-refractivity contribution < 1.29 is 14.3 Å². The standard InChI is InChI=1S/C15H24N2O3S/c1-14(2,12-5-4-10-21-12)11-17-13(18)16-7-6-15(3)19-8-9-20-15/h4-5,10H,6-9,11H2,1-3H3,(H2,16,17,18). The molecule has 0 aromatic carbocycles. The zero-order valence-corrected chi connectivity index (χ0v) is 13.7. The van der Waals surface area contributed by atoms with Crippen LogP contribution in [0.4, 0.5) is 4.79 Å². The number of carbonyl (C=O) groups is 1. The average Bonchev–Trinajstić information content (AvgIpc) is 3.08. The maximum atomic E-state index is 11.8. The largest absolute Gasteiger partial charge is 0.348 e. The van der Waals surface area contributed by atoms with Crippen molar-refractivity contribution >= 4 is 17.4 Å². The molecule has 2 heterocycles. The topological polar surface area (TPSA) is 59.6 Å². The number of amides is 2. The summed E-state index contributed by atoms with van der Waals surface area (Å²) in [6, 6.07) is 3.98. The lowest BCUT2D eigenvalue weighted by Crippen LogP contribution is -2.43. The summed E-state index contributed by atoms with van der Waals surface area (Å²) in [6.07, 6.45) is 0.648. The Bertz CT molecular complexity index is 453. The van der Waals surface area contributed by atoms with Crippen LogP contribution in [0.1, 0.15) is 32.1 Å². The van der Waals surface area contributed by atoms with E-state index in [0.29, 0.717) is 32.7 Å². The third-order valence-corrected chi connectivity index (χ3v) is 4.88. The number of hydrogen-bond donors (Lipinski definition) is 2. The number of carbonyl (C=O) groups excluding carboxylic acids is 1. The van der Waals surface area contributed by atoms with Gasteiger partial charge in [-0.25, -0.2) is 4.79 Å². The van der Waals surface area contributed by atoms with Crippen molar-refractivity contribution in [1.29, 1.82) is 0 Å². The van der Waals surface area contributed by atoms with E-state index in [0.717, 1.165) is 0 Å². The fourth-order valence-corrected chi connectivity index (χ4v) is 3.07. The Morgan fingerprint density at radius 2 is 2.10 bits per heavy atom. The molecule has 0 aliphatic carbocycles. The van der Waals surface area contributed by atoms with Crippen molar-refractivity contribution in [1.82, 2.24) is 10.6 Å². The first-order valence-corrected chi connectivity index (χ1v) is 8.13. The van der Waals surface area contributed by atoms with Gasteiger partial charge in [-0.05, 0) is 18.4 Å². The van der Waals surface area contributed by atoms with Gasteiger partial charge < -0.3 is 20.1 Å². The molecule has 1 fully saturated rings. The van der Waals surface area contributed by atoms with E-state index >= 15 is 0 Å². The van der Waals surface area contributed by atoms with Gasteiger partial charge in [-0.3, -0.25) is 0 Å². The Balaban J connectivity index is 1.68. The third-order valence-electron chi connectivity index (χ3n) is 3.64. The minimum Gasteiger partial charge on any atom is -0.348 e. The predicted octanol–water partition coefficient (Wildman–Crippen LogP) is 2.48. The molecule has 2 rings (SSSR count). The number of ether oxygens (including phenoxy) is 2. The summed E-state index contributed by atoms with van der Waals surface area (Å²) in [5.74, 6) is -0.552. The van der Waals surface area contributed by atoms with Crippen molar-refractivity contribution in [2.45, 2.75) is 38.4 Å². The molecule has 1 aliphatic heterocycles. The van der Waals surface area contributed by atoms with Gasteiger partial charge in [0.05, 0.1) is 13.2 Å². The first kappa shape index (κ1) is 16.3. The van der Waals surface area contributed by atoms with Crippen LogP contribution in [0.15, 0.2) is 17.5 Å². The summed E-state index contributed by atoms with van der Waals surface area (Å²) >= 11 is 1.71. The van der Waals surface area contributed by atoms with Gasteiger partial charge in [-0.1, -0.05) is 19.9 Å². The van der Waals surface area contributed by atoms with Crippen molar-refractivity contribution in [2.24, 2.45) is 0 Å². The zero-order chi connectivity index (χ0) is 15.3. The second kappa shape index (κ2) is 6.77. The maximum Gasteiger partial charge on any atom is 0.314 e. The highest BCUT2D eigenvalue weighted by Crippen LogP contribution is 2.26. The first-order valence-electron chi connectivity index (χ1n) is 7.25. The third kappa shape index (κ3) is 4.69. The van der Waals surface area contributed by atoms with E-state index in [-0.39, 0.29) is 11.4 Å². The quantitative estimate of drug-likeness (QED) is 0.848. The van der Waals surface area contributed by atoms with Crippen LogP contribution in [0.3, 0.4) is 0 Å². The molecular weight excluding hydrogens is 288 g/mol. The Labute approximate surface area is 130 Å². The van der Waals surface area contributed by atoms with Gasteiger partial charge in [0.15, 0.2) is 5.79 Å². The maximum absolute atomic E-state index is 11.8. The lowest BCUT2D eigenvalue weighted by Gasteiger charge is -2.24. The average molecular weight is 312 g/mol. The van der Waals surface area contributed by atoms with Crippen LogP contribution in [0.2, 0.25) is 0 Å². The molecular formula is C15H24N2O3S. The number of nitrogens with one attached hydrogen (secondary N) is 2. The zero-order valence-electron chi connectivity index (χ0n) is 12.9. The second-order valence-electron chi connectivity index (χ2n) is 6.05. The molecule has 0 spiro atoms. The predicted molar refractivity (Wildman–Crippen MR) is 83.7 cm³/mol. The number of thiophene rings is 1. The van der Waals surface area contributed by atoms with E-state index in [1.807, 2.05) is 13.0 Å². The molecule has 0 bridgehead atoms. The molecule has 0 saturated carbocycles. The van der Waals surface area contributed by atoms with Gasteiger partial charge in [0.1, 0.15) is 0 Å². The van der Waals surface area contributed by atoms with Gasteiger partial charge >= 0.3 is 6.03 Å². The lowest BCUT2D eigenvalue weighted by molar-refractivity contribution is -0.145. The molecule has 0 unspecified atom stereocenters. The molecule has 6 heteroatoms. The number of rotatable bonds is 6. The molecule has 0 radical (unpaired) electrons. The van der Waals surface area contributed by atoms with Crippen LogP contribution >= 0.6 is 11.3 Å². The van der Waals surface area contributed by atoms with Crippen molar-refractivity contribution in [2.75, 3.05) is 26.3 Å². The Morgan fingerprint density at radius 3 is 2.71 bits per heavy atom. The normalized spacial score (nSPS) is 17.7. The molecule has 0 atom stereocenters.